The highest BCUT2D eigenvalue weighted by Gasteiger charge is 2.34. The average Bonchev–Trinajstić information content (AvgIpc) is 3.29. The molecule has 13 heteroatoms. The summed E-state index contributed by atoms with van der Waals surface area (Å²) in [6.45, 7) is 3.14. The lowest BCUT2D eigenvalue weighted by atomic mass is 10.2. The molecule has 1 N–H and O–H groups in total. The number of aliphatic hydroxyl groups is 1. The number of aromatic nitrogens is 6. The van der Waals surface area contributed by atoms with E-state index in [1.165, 1.54) is 25.7 Å². The fourth-order valence-electron chi connectivity index (χ4n) is 3.72. The van der Waals surface area contributed by atoms with E-state index in [9.17, 15) is 17.9 Å². The quantitative estimate of drug-likeness (QED) is 0.344. The van der Waals surface area contributed by atoms with E-state index >= 15 is 0 Å². The number of aliphatic hydroxyl groups excluding tert-OH is 1. The predicted octanol–water partition coefficient (Wildman–Crippen LogP) is 2.62. The molecule has 1 aromatic carbocycles. The first kappa shape index (κ1) is 26.1. The van der Waals surface area contributed by atoms with E-state index in [1.54, 1.807) is 30.3 Å². The van der Waals surface area contributed by atoms with Crippen LogP contribution in [0.1, 0.15) is 30.4 Å². The van der Waals surface area contributed by atoms with Gasteiger partial charge in [0, 0.05) is 5.69 Å². The van der Waals surface area contributed by atoms with Gasteiger partial charge in [0.15, 0.2) is 33.1 Å². The Kier molecular flexibility index (Phi) is 7.45. The van der Waals surface area contributed by atoms with Crippen LogP contribution < -0.4 is 9.47 Å². The second kappa shape index (κ2) is 10.6. The van der Waals surface area contributed by atoms with Gasteiger partial charge in [-0.1, -0.05) is 12.1 Å². The molecule has 0 aliphatic rings. The lowest BCUT2D eigenvalue weighted by molar-refractivity contribution is 0.165. The van der Waals surface area contributed by atoms with Gasteiger partial charge in [-0.2, -0.15) is 0 Å². The summed E-state index contributed by atoms with van der Waals surface area (Å²) in [6, 6.07) is 10.5. The Bertz CT molecular complexity index is 1490. The van der Waals surface area contributed by atoms with Crippen LogP contribution in [0, 0.1) is 12.7 Å². The SMILES string of the molecule is COc1cccc(OC)c1-n1c(CS(=O)(=O)[C@@H](C)[C@H](O)c2ncc(F)cn2)nnc1-c1cccc(C)n1. The van der Waals surface area contributed by atoms with E-state index in [4.69, 9.17) is 9.47 Å². The van der Waals surface area contributed by atoms with Gasteiger partial charge >= 0.3 is 0 Å². The van der Waals surface area contributed by atoms with Gasteiger partial charge in [0.1, 0.15) is 34.7 Å². The molecular weight excluding hydrogens is 503 g/mol. The van der Waals surface area contributed by atoms with E-state index in [0.29, 0.717) is 22.9 Å². The first-order valence-corrected chi connectivity index (χ1v) is 12.8. The van der Waals surface area contributed by atoms with Crippen LogP contribution >= 0.6 is 0 Å². The second-order valence-corrected chi connectivity index (χ2v) is 10.5. The molecule has 0 spiro atoms. The van der Waals surface area contributed by atoms with Crippen molar-refractivity contribution in [2.45, 2.75) is 31.0 Å². The maximum Gasteiger partial charge on any atom is 0.187 e. The summed E-state index contributed by atoms with van der Waals surface area (Å²) in [5, 5.41) is 17.7. The summed E-state index contributed by atoms with van der Waals surface area (Å²) >= 11 is 0. The summed E-state index contributed by atoms with van der Waals surface area (Å²) in [5.74, 6) is -0.435. The fraction of sp³-hybridized carbons (Fsp3) is 0.292. The molecule has 0 saturated heterocycles. The van der Waals surface area contributed by atoms with Crippen molar-refractivity contribution in [1.29, 1.82) is 0 Å². The number of rotatable bonds is 9. The zero-order valence-corrected chi connectivity index (χ0v) is 21.3. The normalized spacial score (nSPS) is 13.2. The molecule has 4 aromatic rings. The third-order valence-electron chi connectivity index (χ3n) is 5.72. The molecule has 0 amide bonds. The Morgan fingerprint density at radius 2 is 1.65 bits per heavy atom. The van der Waals surface area contributed by atoms with Crippen LogP contribution in [0.2, 0.25) is 0 Å². The number of ether oxygens (including phenoxy) is 2. The van der Waals surface area contributed by atoms with Crippen molar-refractivity contribution in [3.05, 3.63) is 72.0 Å². The first-order chi connectivity index (χ1) is 17.7. The van der Waals surface area contributed by atoms with E-state index in [2.05, 4.69) is 25.1 Å². The predicted molar refractivity (Wildman–Crippen MR) is 131 cm³/mol. The standard InChI is InChI=1S/C24H25FN6O5S/c1-14-7-5-8-17(28-14)24-30-29-20(31(24)21-18(35-3)9-6-10-19(21)36-4)13-37(33,34)15(2)22(32)23-26-11-16(25)12-27-23/h5-12,15,22,32H,13H2,1-4H3/t15-,22-/m0/s1. The Labute approximate surface area is 212 Å². The highest BCUT2D eigenvalue weighted by Crippen LogP contribution is 2.36. The van der Waals surface area contributed by atoms with Crippen molar-refractivity contribution in [3.8, 4) is 28.7 Å². The molecular formula is C24H25FN6O5S. The van der Waals surface area contributed by atoms with Crippen LogP contribution in [0.4, 0.5) is 4.39 Å². The van der Waals surface area contributed by atoms with Gasteiger partial charge in [0.25, 0.3) is 0 Å². The molecule has 37 heavy (non-hydrogen) atoms. The number of benzene rings is 1. The molecule has 3 heterocycles. The minimum absolute atomic E-state index is 0.0418. The van der Waals surface area contributed by atoms with Crippen molar-refractivity contribution < 1.29 is 27.4 Å². The molecule has 3 aromatic heterocycles. The number of pyridine rings is 1. The summed E-state index contributed by atoms with van der Waals surface area (Å²) in [6.07, 6.45) is 0.119. The Balaban J connectivity index is 1.83. The van der Waals surface area contributed by atoms with Gasteiger partial charge in [-0.05, 0) is 38.1 Å². The van der Waals surface area contributed by atoms with Gasteiger partial charge in [0.2, 0.25) is 0 Å². The van der Waals surface area contributed by atoms with Crippen molar-refractivity contribution in [1.82, 2.24) is 29.7 Å². The molecule has 0 fully saturated rings. The highest BCUT2D eigenvalue weighted by atomic mass is 32.2. The molecule has 2 atom stereocenters. The van der Waals surface area contributed by atoms with Crippen LogP contribution in [0.15, 0.2) is 48.8 Å². The van der Waals surface area contributed by atoms with Crippen LogP contribution in [0.5, 0.6) is 11.5 Å². The van der Waals surface area contributed by atoms with Crippen molar-refractivity contribution in [2.75, 3.05) is 14.2 Å². The average molecular weight is 529 g/mol. The number of methoxy groups -OCH3 is 2. The number of aryl methyl sites for hydroxylation is 1. The van der Waals surface area contributed by atoms with Crippen LogP contribution in [0.25, 0.3) is 17.2 Å². The first-order valence-electron chi connectivity index (χ1n) is 11.1. The number of para-hydroxylation sites is 1. The number of hydrogen-bond donors (Lipinski definition) is 1. The van der Waals surface area contributed by atoms with Crippen LogP contribution in [-0.4, -0.2) is 62.7 Å². The number of hydrogen-bond acceptors (Lipinski definition) is 10. The molecule has 0 saturated carbocycles. The van der Waals surface area contributed by atoms with Crippen LogP contribution in [-0.2, 0) is 15.6 Å². The summed E-state index contributed by atoms with van der Waals surface area (Å²) in [4.78, 5) is 11.9. The fourth-order valence-corrected chi connectivity index (χ4v) is 5.05. The lowest BCUT2D eigenvalue weighted by Gasteiger charge is -2.20. The van der Waals surface area contributed by atoms with E-state index in [-0.39, 0.29) is 17.5 Å². The van der Waals surface area contributed by atoms with Crippen molar-refractivity contribution in [2.24, 2.45) is 0 Å². The number of nitrogens with zero attached hydrogens (tertiary/aromatic N) is 6. The van der Waals surface area contributed by atoms with Gasteiger partial charge in [-0.15, -0.1) is 10.2 Å². The molecule has 194 valence electrons. The van der Waals surface area contributed by atoms with Gasteiger partial charge < -0.3 is 14.6 Å². The van der Waals surface area contributed by atoms with Crippen LogP contribution in [0.3, 0.4) is 0 Å². The monoisotopic (exact) mass is 528 g/mol. The number of sulfone groups is 1. The zero-order chi connectivity index (χ0) is 26.7. The smallest absolute Gasteiger partial charge is 0.187 e. The van der Waals surface area contributed by atoms with Crippen molar-refractivity contribution >= 4 is 9.84 Å². The summed E-state index contributed by atoms with van der Waals surface area (Å²) in [5.41, 5.74) is 1.57. The largest absolute Gasteiger partial charge is 0.494 e. The van der Waals surface area contributed by atoms with Crippen molar-refractivity contribution in [3.63, 3.8) is 0 Å². The number of halogens is 1. The van der Waals surface area contributed by atoms with E-state index in [0.717, 1.165) is 18.1 Å². The minimum Gasteiger partial charge on any atom is -0.494 e. The minimum atomic E-state index is -4.07. The van der Waals surface area contributed by atoms with Gasteiger partial charge in [-0.25, -0.2) is 27.8 Å². The third kappa shape index (κ3) is 5.27. The van der Waals surface area contributed by atoms with E-state index < -0.39 is 32.8 Å². The zero-order valence-electron chi connectivity index (χ0n) is 20.5. The Morgan fingerprint density at radius 3 is 2.24 bits per heavy atom. The maximum absolute atomic E-state index is 13.4. The topological polar surface area (TPSA) is 142 Å². The van der Waals surface area contributed by atoms with E-state index in [1.807, 2.05) is 13.0 Å². The second-order valence-electron chi connectivity index (χ2n) is 8.17. The molecule has 4 rings (SSSR count). The molecule has 0 radical (unpaired) electrons. The molecule has 0 unspecified atom stereocenters. The summed E-state index contributed by atoms with van der Waals surface area (Å²) in [7, 11) is -1.11. The van der Waals surface area contributed by atoms with Gasteiger partial charge in [0.05, 0.1) is 31.9 Å². The Hall–Kier alpha value is -3.97. The Morgan fingerprint density at radius 1 is 1.03 bits per heavy atom. The highest BCUT2D eigenvalue weighted by molar-refractivity contribution is 7.91. The molecule has 0 aliphatic heterocycles. The lowest BCUT2D eigenvalue weighted by Crippen LogP contribution is -2.29. The maximum atomic E-state index is 13.4. The third-order valence-corrected chi connectivity index (χ3v) is 7.77. The molecule has 0 aliphatic carbocycles. The molecule has 0 bridgehead atoms. The van der Waals surface area contributed by atoms with Gasteiger partial charge in [-0.3, -0.25) is 4.57 Å². The molecule has 11 nitrogen and oxygen atoms in total. The summed E-state index contributed by atoms with van der Waals surface area (Å²) < 4.78 is 52.7.